The van der Waals surface area contributed by atoms with Crippen LogP contribution in [0.15, 0.2) is 24.3 Å². The van der Waals surface area contributed by atoms with E-state index in [0.717, 1.165) is 6.07 Å². The molecule has 8 heteroatoms. The number of hydrogen-bond donors (Lipinski definition) is 3. The van der Waals surface area contributed by atoms with Crippen LogP contribution in [0.2, 0.25) is 0 Å². The maximum atomic E-state index is 13.1. The van der Waals surface area contributed by atoms with E-state index in [-0.39, 0.29) is 24.1 Å². The van der Waals surface area contributed by atoms with Crippen molar-refractivity contribution >= 4 is 17.8 Å². The molecule has 4 N–H and O–H groups in total. The molecule has 1 fully saturated rings. The predicted molar refractivity (Wildman–Crippen MR) is 81.1 cm³/mol. The van der Waals surface area contributed by atoms with Crippen LogP contribution in [0.1, 0.15) is 23.2 Å². The smallest absolute Gasteiger partial charge is 0.312 e. The van der Waals surface area contributed by atoms with E-state index in [2.05, 4.69) is 10.6 Å². The Balaban J connectivity index is 1.77. The highest BCUT2D eigenvalue weighted by atomic mass is 19.1. The van der Waals surface area contributed by atoms with Crippen LogP contribution in [0.3, 0.4) is 0 Å². The van der Waals surface area contributed by atoms with E-state index in [4.69, 9.17) is 5.73 Å². The van der Waals surface area contributed by atoms with Crippen LogP contribution >= 0.6 is 0 Å². The van der Waals surface area contributed by atoms with Crippen molar-refractivity contribution in [3.63, 3.8) is 0 Å². The zero-order valence-electron chi connectivity index (χ0n) is 12.5. The third kappa shape index (κ3) is 4.94. The molecule has 0 spiro atoms. The maximum Gasteiger partial charge on any atom is 0.312 e. The van der Waals surface area contributed by atoms with Gasteiger partial charge in [0.15, 0.2) is 0 Å². The van der Waals surface area contributed by atoms with Crippen LogP contribution in [0.25, 0.3) is 0 Å². The highest BCUT2D eigenvalue weighted by molar-refractivity contribution is 5.96. The molecule has 1 heterocycles. The largest absolute Gasteiger partial charge is 0.352 e. The van der Waals surface area contributed by atoms with Crippen LogP contribution in [-0.2, 0) is 4.79 Å². The second-order valence-electron chi connectivity index (χ2n) is 5.36. The van der Waals surface area contributed by atoms with Crippen molar-refractivity contribution in [2.45, 2.75) is 18.9 Å². The molecule has 0 aliphatic carbocycles. The number of hydrogen-bond acceptors (Lipinski definition) is 3. The maximum absolute atomic E-state index is 13.1. The van der Waals surface area contributed by atoms with Crippen molar-refractivity contribution in [2.75, 3.05) is 19.6 Å². The van der Waals surface area contributed by atoms with Gasteiger partial charge in [0.1, 0.15) is 5.82 Å². The average Bonchev–Trinajstić information content (AvgIpc) is 2.52. The Morgan fingerprint density at radius 2 is 1.96 bits per heavy atom. The van der Waals surface area contributed by atoms with Gasteiger partial charge < -0.3 is 21.3 Å². The molecule has 0 aromatic heterocycles. The average molecular weight is 322 g/mol. The summed E-state index contributed by atoms with van der Waals surface area (Å²) in [4.78, 5) is 36.3. The predicted octanol–water partition coefficient (Wildman–Crippen LogP) is 0.215. The molecular formula is C15H19FN4O3. The number of likely N-dealkylation sites (tertiary alicyclic amines) is 1. The fraction of sp³-hybridized carbons (Fsp3) is 0.400. The molecule has 0 radical (unpaired) electrons. The van der Waals surface area contributed by atoms with Crippen molar-refractivity contribution in [1.82, 2.24) is 15.5 Å². The van der Waals surface area contributed by atoms with Crippen molar-refractivity contribution in [3.8, 4) is 0 Å². The first-order valence-electron chi connectivity index (χ1n) is 7.33. The molecule has 1 aromatic carbocycles. The molecule has 1 aliphatic rings. The first-order valence-corrected chi connectivity index (χ1v) is 7.33. The summed E-state index contributed by atoms with van der Waals surface area (Å²) in [5.74, 6) is -1.22. The Morgan fingerprint density at radius 3 is 2.57 bits per heavy atom. The zero-order chi connectivity index (χ0) is 16.8. The van der Waals surface area contributed by atoms with Crippen LogP contribution in [-0.4, -0.2) is 48.4 Å². The Morgan fingerprint density at radius 1 is 1.26 bits per heavy atom. The summed E-state index contributed by atoms with van der Waals surface area (Å²) in [6.45, 7) is 0.822. The lowest BCUT2D eigenvalue weighted by molar-refractivity contribution is -0.131. The SMILES string of the molecule is NC(=O)NC1CCN(C(=O)CNC(=O)c2cccc(F)c2)CC1. The third-order valence-corrected chi connectivity index (χ3v) is 3.68. The lowest BCUT2D eigenvalue weighted by Crippen LogP contribution is -2.49. The van der Waals surface area contributed by atoms with E-state index in [0.29, 0.717) is 25.9 Å². The van der Waals surface area contributed by atoms with E-state index in [1.54, 1.807) is 4.90 Å². The molecule has 0 bridgehead atoms. The quantitative estimate of drug-likeness (QED) is 0.738. The van der Waals surface area contributed by atoms with Crippen LogP contribution in [0.4, 0.5) is 9.18 Å². The van der Waals surface area contributed by atoms with Gasteiger partial charge in [0.2, 0.25) is 5.91 Å². The number of amides is 4. The number of benzene rings is 1. The second-order valence-corrected chi connectivity index (χ2v) is 5.36. The van der Waals surface area contributed by atoms with Gasteiger partial charge in [-0.15, -0.1) is 0 Å². The Bertz CT molecular complexity index is 600. The molecule has 0 saturated carbocycles. The number of carbonyl (C=O) groups is 3. The first kappa shape index (κ1) is 16.7. The Kier molecular flexibility index (Phi) is 5.51. The van der Waals surface area contributed by atoms with Crippen molar-refractivity contribution < 1.29 is 18.8 Å². The van der Waals surface area contributed by atoms with E-state index in [9.17, 15) is 18.8 Å². The number of halogens is 1. The molecule has 124 valence electrons. The van der Waals surface area contributed by atoms with Gasteiger partial charge in [0.05, 0.1) is 6.54 Å². The lowest BCUT2D eigenvalue weighted by atomic mass is 10.1. The van der Waals surface area contributed by atoms with Gasteiger partial charge in [-0.25, -0.2) is 9.18 Å². The standard InChI is InChI=1S/C15H19FN4O3/c16-11-3-1-2-10(8-11)14(22)18-9-13(21)20-6-4-12(5-7-20)19-15(17)23/h1-3,8,12H,4-7,9H2,(H,18,22)(H3,17,19,23). The molecule has 23 heavy (non-hydrogen) atoms. The minimum absolute atomic E-state index is 0.0292. The second kappa shape index (κ2) is 7.57. The number of urea groups is 1. The molecule has 2 rings (SSSR count). The minimum atomic E-state index is -0.572. The molecular weight excluding hydrogens is 303 g/mol. The van der Waals surface area contributed by atoms with Crippen LogP contribution in [0.5, 0.6) is 0 Å². The van der Waals surface area contributed by atoms with Crippen LogP contribution in [0, 0.1) is 5.82 Å². The van der Waals surface area contributed by atoms with Crippen molar-refractivity contribution in [2.24, 2.45) is 5.73 Å². The van der Waals surface area contributed by atoms with Crippen molar-refractivity contribution in [3.05, 3.63) is 35.6 Å². The van der Waals surface area contributed by atoms with E-state index >= 15 is 0 Å². The zero-order valence-corrected chi connectivity index (χ0v) is 12.5. The highest BCUT2D eigenvalue weighted by Crippen LogP contribution is 2.10. The fourth-order valence-corrected chi connectivity index (χ4v) is 2.47. The van der Waals surface area contributed by atoms with Gasteiger partial charge in [-0.05, 0) is 31.0 Å². The van der Waals surface area contributed by atoms with Gasteiger partial charge in [-0.2, -0.15) is 0 Å². The molecule has 7 nitrogen and oxygen atoms in total. The van der Waals surface area contributed by atoms with E-state index < -0.39 is 17.8 Å². The number of piperidine rings is 1. The highest BCUT2D eigenvalue weighted by Gasteiger charge is 2.23. The molecule has 1 aromatic rings. The number of nitrogens with zero attached hydrogens (tertiary/aromatic N) is 1. The Hall–Kier alpha value is -2.64. The summed E-state index contributed by atoms with van der Waals surface area (Å²) in [5, 5.41) is 5.09. The van der Waals surface area contributed by atoms with Gasteiger partial charge >= 0.3 is 6.03 Å². The number of carbonyl (C=O) groups excluding carboxylic acids is 3. The van der Waals surface area contributed by atoms with Crippen molar-refractivity contribution in [1.29, 1.82) is 0 Å². The summed E-state index contributed by atoms with van der Waals surface area (Å²) in [6.07, 6.45) is 1.24. The summed E-state index contributed by atoms with van der Waals surface area (Å²) in [7, 11) is 0. The Labute approximate surface area is 133 Å². The molecule has 0 unspecified atom stereocenters. The summed E-state index contributed by atoms with van der Waals surface area (Å²) >= 11 is 0. The minimum Gasteiger partial charge on any atom is -0.352 e. The van der Waals surface area contributed by atoms with E-state index in [1.165, 1.54) is 18.2 Å². The van der Waals surface area contributed by atoms with Gasteiger partial charge in [0.25, 0.3) is 5.91 Å². The van der Waals surface area contributed by atoms with Gasteiger partial charge in [0, 0.05) is 24.7 Å². The third-order valence-electron chi connectivity index (χ3n) is 3.68. The molecule has 1 saturated heterocycles. The lowest BCUT2D eigenvalue weighted by Gasteiger charge is -2.32. The number of nitrogens with two attached hydrogens (primary N) is 1. The summed E-state index contributed by atoms with van der Waals surface area (Å²) in [5.41, 5.74) is 5.23. The molecule has 1 aliphatic heterocycles. The number of primary amides is 1. The molecule has 4 amide bonds. The summed E-state index contributed by atoms with van der Waals surface area (Å²) < 4.78 is 13.1. The molecule has 0 atom stereocenters. The van der Waals surface area contributed by atoms with Crippen LogP contribution < -0.4 is 16.4 Å². The van der Waals surface area contributed by atoms with Gasteiger partial charge in [-0.3, -0.25) is 9.59 Å². The number of rotatable bonds is 4. The fourth-order valence-electron chi connectivity index (χ4n) is 2.47. The number of nitrogens with one attached hydrogen (secondary N) is 2. The summed E-state index contributed by atoms with van der Waals surface area (Å²) in [6, 6.07) is 4.66. The first-order chi connectivity index (χ1) is 11.0. The topological polar surface area (TPSA) is 105 Å². The van der Waals surface area contributed by atoms with E-state index in [1.807, 2.05) is 0 Å². The monoisotopic (exact) mass is 322 g/mol. The van der Waals surface area contributed by atoms with Gasteiger partial charge in [-0.1, -0.05) is 6.07 Å². The normalized spacial score (nSPS) is 15.1.